The summed E-state index contributed by atoms with van der Waals surface area (Å²) in [5.74, 6) is 0. The minimum absolute atomic E-state index is 0.826. The van der Waals surface area contributed by atoms with Gasteiger partial charge in [-0.2, -0.15) is 0 Å². The number of fused-ring (bicyclic) bond motifs is 1. The average molecular weight is 298 g/mol. The molecular formula is C20H30N2. The quantitative estimate of drug-likeness (QED) is 0.771. The van der Waals surface area contributed by atoms with Crippen molar-refractivity contribution in [3.63, 3.8) is 0 Å². The van der Waals surface area contributed by atoms with Crippen LogP contribution in [0.5, 0.6) is 0 Å². The first kappa shape index (κ1) is 14.7. The highest BCUT2D eigenvalue weighted by Gasteiger charge is 2.30. The van der Waals surface area contributed by atoms with Crippen LogP contribution in [0.25, 0.3) is 0 Å². The van der Waals surface area contributed by atoms with E-state index in [2.05, 4.69) is 34.1 Å². The summed E-state index contributed by atoms with van der Waals surface area (Å²) in [5, 5.41) is 0. The fourth-order valence-corrected chi connectivity index (χ4v) is 4.92. The van der Waals surface area contributed by atoms with E-state index in [0.717, 1.165) is 12.1 Å². The minimum atomic E-state index is 0.826. The molecular weight excluding hydrogens is 268 g/mol. The van der Waals surface area contributed by atoms with Crippen molar-refractivity contribution in [2.45, 2.75) is 63.5 Å². The first-order chi connectivity index (χ1) is 10.9. The van der Waals surface area contributed by atoms with E-state index in [9.17, 15) is 0 Å². The molecule has 0 unspecified atom stereocenters. The molecule has 0 amide bonds. The number of piperidine rings is 1. The number of hydrogen-bond donors (Lipinski definition) is 0. The van der Waals surface area contributed by atoms with E-state index >= 15 is 0 Å². The Morgan fingerprint density at radius 1 is 0.636 bits per heavy atom. The Labute approximate surface area is 135 Å². The Bertz CT molecular complexity index is 457. The molecule has 0 aromatic heterocycles. The largest absolute Gasteiger partial charge is 0.300 e. The van der Waals surface area contributed by atoms with Crippen molar-refractivity contribution in [3.05, 3.63) is 35.4 Å². The lowest BCUT2D eigenvalue weighted by Gasteiger charge is -2.40. The third kappa shape index (κ3) is 3.09. The predicted molar refractivity (Wildman–Crippen MR) is 92.3 cm³/mol. The maximum atomic E-state index is 2.82. The van der Waals surface area contributed by atoms with Gasteiger partial charge in [-0.15, -0.1) is 0 Å². The van der Waals surface area contributed by atoms with E-state index in [4.69, 9.17) is 0 Å². The van der Waals surface area contributed by atoms with Crippen LogP contribution in [-0.2, 0) is 12.8 Å². The van der Waals surface area contributed by atoms with Crippen LogP contribution in [-0.4, -0.2) is 48.1 Å². The van der Waals surface area contributed by atoms with Crippen molar-refractivity contribution in [1.82, 2.24) is 9.80 Å². The smallest absolute Gasteiger partial charge is 0.0120 e. The third-order valence-corrected chi connectivity index (χ3v) is 6.28. The van der Waals surface area contributed by atoms with E-state index in [0.29, 0.717) is 0 Å². The fourth-order valence-electron chi connectivity index (χ4n) is 4.92. The molecule has 0 atom stereocenters. The van der Waals surface area contributed by atoms with Crippen molar-refractivity contribution in [3.8, 4) is 0 Å². The van der Waals surface area contributed by atoms with Gasteiger partial charge in [-0.25, -0.2) is 0 Å². The van der Waals surface area contributed by atoms with Gasteiger partial charge in [0.15, 0.2) is 0 Å². The van der Waals surface area contributed by atoms with Crippen molar-refractivity contribution < 1.29 is 0 Å². The lowest BCUT2D eigenvalue weighted by Crippen LogP contribution is -2.47. The molecule has 2 saturated heterocycles. The van der Waals surface area contributed by atoms with Gasteiger partial charge < -0.3 is 9.80 Å². The van der Waals surface area contributed by atoms with E-state index in [1.54, 1.807) is 11.1 Å². The lowest BCUT2D eigenvalue weighted by atomic mass is 9.98. The summed E-state index contributed by atoms with van der Waals surface area (Å²) in [5.41, 5.74) is 3.22. The minimum Gasteiger partial charge on any atom is -0.300 e. The Balaban J connectivity index is 1.32. The molecule has 0 spiro atoms. The number of hydrogen-bond acceptors (Lipinski definition) is 2. The van der Waals surface area contributed by atoms with Gasteiger partial charge in [-0.3, -0.25) is 0 Å². The van der Waals surface area contributed by atoms with Crippen LogP contribution in [0.15, 0.2) is 24.3 Å². The SMILES string of the molecule is c1ccc2c(c1)CCC(N1CCC(N3CCCC3)CC1)CC2. The Hall–Kier alpha value is -0.860. The third-order valence-electron chi connectivity index (χ3n) is 6.28. The second kappa shape index (κ2) is 6.72. The summed E-state index contributed by atoms with van der Waals surface area (Å²) in [6.45, 7) is 5.40. The van der Waals surface area contributed by atoms with Crippen LogP contribution < -0.4 is 0 Å². The Kier molecular flexibility index (Phi) is 4.49. The topological polar surface area (TPSA) is 6.48 Å². The second-order valence-electron chi connectivity index (χ2n) is 7.51. The summed E-state index contributed by atoms with van der Waals surface area (Å²) in [4.78, 5) is 5.58. The summed E-state index contributed by atoms with van der Waals surface area (Å²) in [6.07, 6.45) is 11.0. The number of nitrogens with zero attached hydrogens (tertiary/aromatic N) is 2. The summed E-state index contributed by atoms with van der Waals surface area (Å²) in [7, 11) is 0. The first-order valence-corrected chi connectivity index (χ1v) is 9.45. The molecule has 2 heteroatoms. The van der Waals surface area contributed by atoms with Gasteiger partial charge in [0, 0.05) is 12.1 Å². The number of rotatable bonds is 2. The van der Waals surface area contributed by atoms with Gasteiger partial charge in [-0.1, -0.05) is 24.3 Å². The number of likely N-dealkylation sites (tertiary alicyclic amines) is 2. The molecule has 3 aliphatic rings. The van der Waals surface area contributed by atoms with E-state index < -0.39 is 0 Å². The molecule has 2 nitrogen and oxygen atoms in total. The van der Waals surface area contributed by atoms with Crippen LogP contribution in [0.3, 0.4) is 0 Å². The zero-order valence-electron chi connectivity index (χ0n) is 13.8. The van der Waals surface area contributed by atoms with E-state index in [1.165, 1.54) is 77.5 Å². The van der Waals surface area contributed by atoms with Crippen molar-refractivity contribution >= 4 is 0 Å². The van der Waals surface area contributed by atoms with Crippen LogP contribution in [0.4, 0.5) is 0 Å². The van der Waals surface area contributed by atoms with Crippen LogP contribution in [0, 0.1) is 0 Å². The molecule has 1 aromatic carbocycles. The summed E-state index contributed by atoms with van der Waals surface area (Å²) in [6, 6.07) is 10.8. The van der Waals surface area contributed by atoms with Crippen molar-refractivity contribution in [2.24, 2.45) is 0 Å². The molecule has 2 aliphatic heterocycles. The zero-order valence-corrected chi connectivity index (χ0v) is 13.8. The summed E-state index contributed by atoms with van der Waals surface area (Å²) >= 11 is 0. The van der Waals surface area contributed by atoms with Crippen molar-refractivity contribution in [2.75, 3.05) is 26.2 Å². The first-order valence-electron chi connectivity index (χ1n) is 9.45. The zero-order chi connectivity index (χ0) is 14.8. The van der Waals surface area contributed by atoms with Crippen LogP contribution in [0.1, 0.15) is 49.7 Å². The molecule has 1 aliphatic carbocycles. The normalized spacial score (nSPS) is 26.0. The molecule has 2 heterocycles. The molecule has 0 bridgehead atoms. The van der Waals surface area contributed by atoms with Gasteiger partial charge >= 0.3 is 0 Å². The van der Waals surface area contributed by atoms with Crippen LogP contribution >= 0.6 is 0 Å². The molecule has 120 valence electrons. The summed E-state index contributed by atoms with van der Waals surface area (Å²) < 4.78 is 0. The number of aryl methyl sites for hydroxylation is 2. The standard InChI is InChI=1S/C20H30N2/c1-2-6-18-8-10-19(9-7-17(18)5-1)22-15-11-20(12-16-22)21-13-3-4-14-21/h1-2,5-6,19-20H,3-4,7-16H2. The molecule has 2 fully saturated rings. The van der Waals surface area contributed by atoms with Gasteiger partial charge in [0.05, 0.1) is 0 Å². The highest BCUT2D eigenvalue weighted by molar-refractivity contribution is 5.28. The van der Waals surface area contributed by atoms with E-state index in [-0.39, 0.29) is 0 Å². The van der Waals surface area contributed by atoms with Gasteiger partial charge in [-0.05, 0) is 88.7 Å². The molecule has 0 radical (unpaired) electrons. The maximum absolute atomic E-state index is 2.82. The van der Waals surface area contributed by atoms with Gasteiger partial charge in [0.2, 0.25) is 0 Å². The highest BCUT2D eigenvalue weighted by Crippen LogP contribution is 2.27. The maximum Gasteiger partial charge on any atom is 0.0120 e. The molecule has 1 aromatic rings. The van der Waals surface area contributed by atoms with E-state index in [1.807, 2.05) is 0 Å². The highest BCUT2D eigenvalue weighted by atomic mass is 15.2. The molecule has 0 N–H and O–H groups in total. The lowest BCUT2D eigenvalue weighted by molar-refractivity contribution is 0.0900. The van der Waals surface area contributed by atoms with Gasteiger partial charge in [0.1, 0.15) is 0 Å². The number of benzene rings is 1. The molecule has 4 rings (SSSR count). The van der Waals surface area contributed by atoms with Gasteiger partial charge in [0.25, 0.3) is 0 Å². The monoisotopic (exact) mass is 298 g/mol. The Morgan fingerprint density at radius 2 is 1.14 bits per heavy atom. The average Bonchev–Trinajstić information content (AvgIpc) is 3.02. The molecule has 22 heavy (non-hydrogen) atoms. The van der Waals surface area contributed by atoms with Crippen LogP contribution in [0.2, 0.25) is 0 Å². The second-order valence-corrected chi connectivity index (χ2v) is 7.51. The Morgan fingerprint density at radius 3 is 1.73 bits per heavy atom. The molecule has 0 saturated carbocycles. The predicted octanol–water partition coefficient (Wildman–Crippen LogP) is 3.49. The van der Waals surface area contributed by atoms with Crippen molar-refractivity contribution in [1.29, 1.82) is 0 Å². The fraction of sp³-hybridized carbons (Fsp3) is 0.700.